The van der Waals surface area contributed by atoms with Crippen LogP contribution in [-0.4, -0.2) is 15.0 Å². The van der Waals surface area contributed by atoms with Crippen LogP contribution in [-0.2, 0) is 0 Å². The van der Waals surface area contributed by atoms with Crippen LogP contribution < -0.4 is 0 Å². The van der Waals surface area contributed by atoms with E-state index in [0.717, 1.165) is 5.52 Å². The average Bonchev–Trinajstić information content (AvgIpc) is 2.33. The summed E-state index contributed by atoms with van der Waals surface area (Å²) in [7, 11) is 0. The normalized spacial score (nSPS) is 10.5. The maximum Gasteiger partial charge on any atom is 0.177 e. The molecule has 50 valence electrons. The fourth-order valence-corrected chi connectivity index (χ4v) is 0.962. The Balaban J connectivity index is 2.86. The van der Waals surface area contributed by atoms with Crippen LogP contribution in [0.5, 0.6) is 0 Å². The van der Waals surface area contributed by atoms with Gasteiger partial charge in [-0.2, -0.15) is 0 Å². The first-order valence-electron chi connectivity index (χ1n) is 2.81. The minimum Gasteiger partial charge on any atom is -0.343 e. The Morgan fingerprint density at radius 1 is 1.40 bits per heavy atom. The van der Waals surface area contributed by atoms with Crippen LogP contribution in [0.4, 0.5) is 0 Å². The van der Waals surface area contributed by atoms with E-state index in [0.29, 0.717) is 10.7 Å². The zero-order chi connectivity index (χ0) is 6.97. The molecule has 0 spiro atoms. The number of nitrogens with one attached hydrogen (secondary N) is 1. The van der Waals surface area contributed by atoms with Gasteiger partial charge in [-0.1, -0.05) is 11.6 Å². The number of hydrogen-bond donors (Lipinski definition) is 1. The molecule has 4 heteroatoms. The second-order valence-corrected chi connectivity index (χ2v) is 2.36. The van der Waals surface area contributed by atoms with Gasteiger partial charge in [-0.05, 0) is 6.07 Å². The highest BCUT2D eigenvalue weighted by Gasteiger charge is 1.95. The summed E-state index contributed by atoms with van der Waals surface area (Å²) in [6, 6.07) is 1.79. The van der Waals surface area contributed by atoms with Crippen LogP contribution in [0.25, 0.3) is 11.2 Å². The average molecular weight is 154 g/mol. The van der Waals surface area contributed by atoms with Gasteiger partial charge < -0.3 is 4.98 Å². The van der Waals surface area contributed by atoms with E-state index in [1.807, 2.05) is 0 Å². The van der Waals surface area contributed by atoms with Gasteiger partial charge in [0.1, 0.15) is 0 Å². The molecule has 0 bridgehead atoms. The predicted octanol–water partition coefficient (Wildman–Crippen LogP) is 1.61. The van der Waals surface area contributed by atoms with Crippen LogP contribution in [0.2, 0.25) is 5.02 Å². The third-order valence-corrected chi connectivity index (χ3v) is 1.45. The molecule has 0 saturated heterocycles. The molecule has 2 heterocycles. The van der Waals surface area contributed by atoms with Crippen molar-refractivity contribution in [1.29, 1.82) is 0 Å². The summed E-state index contributed by atoms with van der Waals surface area (Å²) in [4.78, 5) is 10.8. The standard InChI is InChI=1S/C6H4ClN3/c7-4-1-5-6(8-2-4)10-3-9-5/h1-3H,(H,8,9,10). The molecule has 0 aromatic carbocycles. The third-order valence-electron chi connectivity index (χ3n) is 1.24. The molecule has 2 rings (SSSR count). The Morgan fingerprint density at radius 3 is 3.20 bits per heavy atom. The first-order valence-corrected chi connectivity index (χ1v) is 3.19. The lowest BCUT2D eigenvalue weighted by Crippen LogP contribution is -1.74. The topological polar surface area (TPSA) is 41.6 Å². The molecule has 0 aliphatic heterocycles. The summed E-state index contributed by atoms with van der Waals surface area (Å²) in [5.41, 5.74) is 1.57. The van der Waals surface area contributed by atoms with Gasteiger partial charge in [0.25, 0.3) is 0 Å². The fourth-order valence-electron chi connectivity index (χ4n) is 0.804. The fraction of sp³-hybridized carbons (Fsp3) is 0. The van der Waals surface area contributed by atoms with E-state index >= 15 is 0 Å². The van der Waals surface area contributed by atoms with E-state index in [1.165, 1.54) is 0 Å². The van der Waals surface area contributed by atoms with Crippen LogP contribution in [0.15, 0.2) is 18.6 Å². The van der Waals surface area contributed by atoms with Gasteiger partial charge >= 0.3 is 0 Å². The number of imidazole rings is 1. The molecular formula is C6H4ClN3. The SMILES string of the molecule is Clc1cnc2nc[nH]c2c1. The minimum atomic E-state index is 0.622. The van der Waals surface area contributed by atoms with Crippen LogP contribution in [0.3, 0.4) is 0 Å². The molecule has 0 aliphatic rings. The van der Waals surface area contributed by atoms with Gasteiger partial charge in [-0.3, -0.25) is 0 Å². The summed E-state index contributed by atoms with van der Waals surface area (Å²) in [6.45, 7) is 0. The second kappa shape index (κ2) is 1.95. The quantitative estimate of drug-likeness (QED) is 0.625. The molecule has 0 saturated carbocycles. The molecule has 0 amide bonds. The molecule has 1 N–H and O–H groups in total. The molecule has 2 aromatic heterocycles. The Hall–Kier alpha value is -1.09. The Morgan fingerprint density at radius 2 is 2.30 bits per heavy atom. The van der Waals surface area contributed by atoms with Gasteiger partial charge in [0.2, 0.25) is 0 Å². The highest BCUT2D eigenvalue weighted by molar-refractivity contribution is 6.30. The lowest BCUT2D eigenvalue weighted by molar-refractivity contribution is 1.30. The molecule has 0 atom stereocenters. The van der Waals surface area contributed by atoms with Gasteiger partial charge in [0.05, 0.1) is 16.9 Å². The largest absolute Gasteiger partial charge is 0.343 e. The lowest BCUT2D eigenvalue weighted by Gasteiger charge is -1.86. The van der Waals surface area contributed by atoms with Crippen molar-refractivity contribution in [2.24, 2.45) is 0 Å². The van der Waals surface area contributed by atoms with Crippen LogP contribution in [0.1, 0.15) is 0 Å². The molecule has 2 aromatic rings. The third kappa shape index (κ3) is 0.752. The highest BCUT2D eigenvalue weighted by atomic mass is 35.5. The zero-order valence-corrected chi connectivity index (χ0v) is 5.76. The minimum absolute atomic E-state index is 0.622. The van der Waals surface area contributed by atoms with Crippen molar-refractivity contribution in [3.8, 4) is 0 Å². The molecule has 0 radical (unpaired) electrons. The van der Waals surface area contributed by atoms with E-state index in [9.17, 15) is 0 Å². The number of pyridine rings is 1. The Labute approximate surface area is 62.1 Å². The van der Waals surface area contributed by atoms with Crippen LogP contribution in [0, 0.1) is 0 Å². The van der Waals surface area contributed by atoms with Gasteiger partial charge in [0, 0.05) is 6.20 Å². The van der Waals surface area contributed by atoms with Crippen molar-refractivity contribution in [2.45, 2.75) is 0 Å². The van der Waals surface area contributed by atoms with Crippen molar-refractivity contribution in [2.75, 3.05) is 0 Å². The van der Waals surface area contributed by atoms with E-state index < -0.39 is 0 Å². The number of H-pyrrole nitrogens is 1. The number of nitrogens with zero attached hydrogens (tertiary/aromatic N) is 2. The number of halogens is 1. The zero-order valence-electron chi connectivity index (χ0n) is 5.00. The number of aromatic nitrogens is 3. The predicted molar refractivity (Wildman–Crippen MR) is 38.9 cm³/mol. The smallest absolute Gasteiger partial charge is 0.177 e. The van der Waals surface area contributed by atoms with Gasteiger partial charge in [-0.25, -0.2) is 9.97 Å². The van der Waals surface area contributed by atoms with Crippen LogP contribution >= 0.6 is 11.6 Å². The van der Waals surface area contributed by atoms with E-state index in [-0.39, 0.29) is 0 Å². The first kappa shape index (κ1) is 5.68. The van der Waals surface area contributed by atoms with Crippen molar-refractivity contribution < 1.29 is 0 Å². The highest BCUT2D eigenvalue weighted by Crippen LogP contribution is 2.11. The van der Waals surface area contributed by atoms with E-state index in [1.54, 1.807) is 18.6 Å². The summed E-state index contributed by atoms with van der Waals surface area (Å²) in [6.07, 6.45) is 3.17. The van der Waals surface area contributed by atoms with Crippen molar-refractivity contribution in [3.63, 3.8) is 0 Å². The van der Waals surface area contributed by atoms with E-state index in [4.69, 9.17) is 11.6 Å². The van der Waals surface area contributed by atoms with E-state index in [2.05, 4.69) is 15.0 Å². The monoisotopic (exact) mass is 153 g/mol. The summed E-state index contributed by atoms with van der Waals surface area (Å²) in [5.74, 6) is 0. The lowest BCUT2D eigenvalue weighted by atomic mass is 10.4. The Kier molecular flexibility index (Phi) is 1.11. The molecular weight excluding hydrogens is 150 g/mol. The molecule has 3 nitrogen and oxygen atoms in total. The molecule has 0 fully saturated rings. The second-order valence-electron chi connectivity index (χ2n) is 1.93. The van der Waals surface area contributed by atoms with Crippen molar-refractivity contribution in [3.05, 3.63) is 23.6 Å². The Bertz CT molecular complexity index is 355. The number of hydrogen-bond acceptors (Lipinski definition) is 2. The molecule has 10 heavy (non-hydrogen) atoms. The number of fused-ring (bicyclic) bond motifs is 1. The maximum atomic E-state index is 5.67. The van der Waals surface area contributed by atoms with Gasteiger partial charge in [0.15, 0.2) is 5.65 Å². The number of aromatic amines is 1. The molecule has 0 unspecified atom stereocenters. The van der Waals surface area contributed by atoms with Crippen molar-refractivity contribution in [1.82, 2.24) is 15.0 Å². The summed E-state index contributed by atoms with van der Waals surface area (Å²) >= 11 is 5.67. The summed E-state index contributed by atoms with van der Waals surface area (Å²) < 4.78 is 0. The number of rotatable bonds is 0. The van der Waals surface area contributed by atoms with Gasteiger partial charge in [-0.15, -0.1) is 0 Å². The molecule has 0 aliphatic carbocycles. The van der Waals surface area contributed by atoms with Crippen molar-refractivity contribution >= 4 is 22.8 Å². The summed E-state index contributed by atoms with van der Waals surface area (Å²) in [5, 5.41) is 0.622. The maximum absolute atomic E-state index is 5.67. The first-order chi connectivity index (χ1) is 4.86.